The molecule has 6 aromatic rings. The molecule has 6 rings (SSSR count). The first-order chi connectivity index (χ1) is 23.4. The first kappa shape index (κ1) is 34.5. The minimum Gasteiger partial charge on any atom is -0.206 e. The summed E-state index contributed by atoms with van der Waals surface area (Å²) in [5.41, 5.74) is 12.3. The quantitative estimate of drug-likeness (QED) is 0.140. The summed E-state index contributed by atoms with van der Waals surface area (Å²) in [5, 5.41) is 0. The molecule has 0 spiro atoms. The van der Waals surface area contributed by atoms with E-state index in [-0.39, 0.29) is 11.6 Å². The molecule has 0 bridgehead atoms. The van der Waals surface area contributed by atoms with Gasteiger partial charge in [-0.1, -0.05) is 162 Å². The molecular weight excluding hydrogens is 591 g/mol. The van der Waals surface area contributed by atoms with Crippen LogP contribution in [0.15, 0.2) is 133 Å². The zero-order valence-electron chi connectivity index (χ0n) is 28.7. The van der Waals surface area contributed by atoms with E-state index in [9.17, 15) is 8.78 Å². The van der Waals surface area contributed by atoms with Crippen LogP contribution in [0.4, 0.5) is 8.78 Å². The summed E-state index contributed by atoms with van der Waals surface area (Å²) in [6.07, 6.45) is 6.42. The lowest BCUT2D eigenvalue weighted by Crippen LogP contribution is -1.88. The molecule has 0 atom stereocenters. The lowest BCUT2D eigenvalue weighted by atomic mass is 9.97. The van der Waals surface area contributed by atoms with Crippen LogP contribution in [0.2, 0.25) is 0 Å². The average molecular weight is 637 g/mol. The molecule has 244 valence electrons. The maximum absolute atomic E-state index is 14.6. The summed E-state index contributed by atoms with van der Waals surface area (Å²) < 4.78 is 29.2. The number of hydrogen-bond donors (Lipinski definition) is 0. The summed E-state index contributed by atoms with van der Waals surface area (Å²) >= 11 is 0. The number of halogens is 2. The Morgan fingerprint density at radius 2 is 0.625 bits per heavy atom. The molecule has 2 heteroatoms. The van der Waals surface area contributed by atoms with Crippen LogP contribution in [0, 0.1) is 11.6 Å². The fourth-order valence-corrected chi connectivity index (χ4v) is 6.00. The van der Waals surface area contributed by atoms with Crippen molar-refractivity contribution in [2.24, 2.45) is 0 Å². The molecule has 0 radical (unpaired) electrons. The summed E-state index contributed by atoms with van der Waals surface area (Å²) in [6, 6.07) is 44.1. The largest absolute Gasteiger partial charge is 0.206 e. The van der Waals surface area contributed by atoms with Gasteiger partial charge in [0.15, 0.2) is 0 Å². The Morgan fingerprint density at radius 1 is 0.333 bits per heavy atom. The first-order valence-corrected chi connectivity index (χ1v) is 17.4. The van der Waals surface area contributed by atoms with Crippen LogP contribution < -0.4 is 0 Å². The highest BCUT2D eigenvalue weighted by molar-refractivity contribution is 5.72. The summed E-state index contributed by atoms with van der Waals surface area (Å²) in [5.74, 6) is -0.343. The van der Waals surface area contributed by atoms with Gasteiger partial charge >= 0.3 is 0 Å². The number of rotatable bonds is 10. The van der Waals surface area contributed by atoms with Crippen molar-refractivity contribution in [3.8, 4) is 44.5 Å². The van der Waals surface area contributed by atoms with Crippen LogP contribution >= 0.6 is 0 Å². The maximum atomic E-state index is 14.6. The molecule has 0 saturated heterocycles. The fourth-order valence-electron chi connectivity index (χ4n) is 6.00. The average Bonchev–Trinajstić information content (AvgIpc) is 3.13. The smallest absolute Gasteiger partial charge is 0.131 e. The van der Waals surface area contributed by atoms with Gasteiger partial charge in [0, 0.05) is 11.1 Å². The lowest BCUT2D eigenvalue weighted by Gasteiger charge is -2.08. The molecule has 0 aliphatic heterocycles. The van der Waals surface area contributed by atoms with Crippen molar-refractivity contribution in [2.45, 2.75) is 66.2 Å². The Bertz CT molecular complexity index is 1880. The second kappa shape index (κ2) is 16.8. The molecule has 6 aromatic carbocycles. The van der Waals surface area contributed by atoms with Crippen LogP contribution in [0.25, 0.3) is 44.5 Å². The Kier molecular flexibility index (Phi) is 12.1. The zero-order chi connectivity index (χ0) is 33.9. The molecule has 0 fully saturated rings. The van der Waals surface area contributed by atoms with E-state index in [0.717, 1.165) is 71.9 Å². The maximum Gasteiger partial charge on any atom is 0.131 e. The molecule has 0 heterocycles. The Morgan fingerprint density at radius 3 is 0.917 bits per heavy atom. The van der Waals surface area contributed by atoms with E-state index in [1.807, 2.05) is 48.5 Å². The van der Waals surface area contributed by atoms with Crippen molar-refractivity contribution in [3.63, 3.8) is 0 Å². The second-order valence-corrected chi connectivity index (χ2v) is 12.4. The lowest BCUT2D eigenvalue weighted by molar-refractivity contribution is 0.631. The van der Waals surface area contributed by atoms with Crippen molar-refractivity contribution < 1.29 is 8.78 Å². The van der Waals surface area contributed by atoms with Crippen molar-refractivity contribution in [2.75, 3.05) is 0 Å². The van der Waals surface area contributed by atoms with Gasteiger partial charge in [0.2, 0.25) is 0 Å². The van der Waals surface area contributed by atoms with Gasteiger partial charge in [0.25, 0.3) is 0 Å². The molecule has 0 aromatic heterocycles. The van der Waals surface area contributed by atoms with E-state index < -0.39 is 0 Å². The van der Waals surface area contributed by atoms with Crippen LogP contribution in [-0.2, 0) is 25.7 Å². The van der Waals surface area contributed by atoms with Gasteiger partial charge in [0.1, 0.15) is 11.6 Å². The van der Waals surface area contributed by atoms with Gasteiger partial charge in [-0.25, -0.2) is 8.78 Å². The van der Waals surface area contributed by atoms with Crippen LogP contribution in [0.5, 0.6) is 0 Å². The molecule has 0 amide bonds. The van der Waals surface area contributed by atoms with Gasteiger partial charge in [0.05, 0.1) is 0 Å². The monoisotopic (exact) mass is 636 g/mol. The standard InChI is InChI=1S/2C23H23F/c1-3-5-18-8-10-19(11-9-18)21-14-15-22(23(24)16-21)20-12-6-17(4-2)7-13-20;1-3-5-18-8-12-20(13-9-18)22-15-14-21(16-23(22)24)19-10-6-17(4-2)7-11-19/h2*6-16H,3-5H2,1-2H3. The number of aryl methyl sites for hydroxylation is 4. The predicted molar refractivity (Wildman–Crippen MR) is 201 cm³/mol. The highest BCUT2D eigenvalue weighted by Crippen LogP contribution is 2.30. The van der Waals surface area contributed by atoms with Crippen molar-refractivity contribution >= 4 is 0 Å². The van der Waals surface area contributed by atoms with Crippen LogP contribution in [-0.4, -0.2) is 0 Å². The molecule has 0 nitrogen and oxygen atoms in total. The van der Waals surface area contributed by atoms with Gasteiger partial charge < -0.3 is 0 Å². The molecule has 0 N–H and O–H groups in total. The third kappa shape index (κ3) is 8.75. The Balaban J connectivity index is 0.000000188. The topological polar surface area (TPSA) is 0 Å². The summed E-state index contributed by atoms with van der Waals surface area (Å²) in [6.45, 7) is 8.60. The highest BCUT2D eigenvalue weighted by Gasteiger charge is 2.09. The Hall–Kier alpha value is -4.82. The molecule has 0 unspecified atom stereocenters. The number of benzene rings is 6. The summed E-state index contributed by atoms with van der Waals surface area (Å²) in [7, 11) is 0. The van der Waals surface area contributed by atoms with E-state index in [4.69, 9.17) is 0 Å². The summed E-state index contributed by atoms with van der Waals surface area (Å²) in [4.78, 5) is 0. The van der Waals surface area contributed by atoms with Gasteiger partial charge in [-0.15, -0.1) is 0 Å². The van der Waals surface area contributed by atoms with Crippen molar-refractivity contribution in [1.82, 2.24) is 0 Å². The predicted octanol–water partition coefficient (Wildman–Crippen LogP) is 13.3. The molecule has 0 aliphatic carbocycles. The third-order valence-electron chi connectivity index (χ3n) is 8.94. The van der Waals surface area contributed by atoms with Crippen molar-refractivity contribution in [3.05, 3.63) is 167 Å². The van der Waals surface area contributed by atoms with E-state index in [1.165, 1.54) is 22.3 Å². The van der Waals surface area contributed by atoms with E-state index in [2.05, 4.69) is 100 Å². The Labute approximate surface area is 286 Å². The van der Waals surface area contributed by atoms with E-state index in [0.29, 0.717) is 11.1 Å². The fraction of sp³-hybridized carbons (Fsp3) is 0.217. The normalized spacial score (nSPS) is 10.8. The van der Waals surface area contributed by atoms with Gasteiger partial charge in [-0.2, -0.15) is 0 Å². The third-order valence-corrected chi connectivity index (χ3v) is 8.94. The second-order valence-electron chi connectivity index (χ2n) is 12.4. The minimum atomic E-state index is -0.172. The molecule has 48 heavy (non-hydrogen) atoms. The zero-order valence-corrected chi connectivity index (χ0v) is 28.7. The number of hydrogen-bond acceptors (Lipinski definition) is 0. The SMILES string of the molecule is CCCc1ccc(-c2ccc(-c3ccc(CC)cc3)c(F)c2)cc1.CCCc1ccc(-c2ccc(-c3ccc(CC)cc3)cc2F)cc1. The van der Waals surface area contributed by atoms with Crippen LogP contribution in [0.3, 0.4) is 0 Å². The van der Waals surface area contributed by atoms with Gasteiger partial charge in [-0.05, 0) is 93.5 Å². The highest BCUT2D eigenvalue weighted by atomic mass is 19.1. The van der Waals surface area contributed by atoms with E-state index >= 15 is 0 Å². The minimum absolute atomic E-state index is 0.171. The molecular formula is C46H46F2. The molecule has 0 saturated carbocycles. The van der Waals surface area contributed by atoms with Crippen LogP contribution in [0.1, 0.15) is 62.8 Å². The molecule has 0 aliphatic rings. The first-order valence-electron chi connectivity index (χ1n) is 17.4. The van der Waals surface area contributed by atoms with Gasteiger partial charge in [-0.3, -0.25) is 0 Å². The van der Waals surface area contributed by atoms with Crippen molar-refractivity contribution in [1.29, 1.82) is 0 Å². The van der Waals surface area contributed by atoms with E-state index in [1.54, 1.807) is 12.1 Å².